The van der Waals surface area contributed by atoms with Crippen LogP contribution in [-0.4, -0.2) is 31.2 Å². The second kappa shape index (κ2) is 5.54. The molecule has 4 aromatic rings. The van der Waals surface area contributed by atoms with Gasteiger partial charge in [-0.25, -0.2) is 4.79 Å². The van der Waals surface area contributed by atoms with Gasteiger partial charge in [0.05, 0.1) is 16.6 Å². The van der Waals surface area contributed by atoms with Gasteiger partial charge in [-0.1, -0.05) is 0 Å². The molecule has 0 saturated carbocycles. The summed E-state index contributed by atoms with van der Waals surface area (Å²) in [5.74, 6) is -0.300. The molecular weight excluding hydrogens is 308 g/mol. The van der Waals surface area contributed by atoms with Crippen molar-refractivity contribution >= 4 is 17.0 Å². The lowest BCUT2D eigenvalue weighted by atomic mass is 10.1. The lowest BCUT2D eigenvalue weighted by Crippen LogP contribution is -1.94. The molecule has 4 rings (SSSR count). The van der Waals surface area contributed by atoms with E-state index in [2.05, 4.69) is 20.2 Å². The van der Waals surface area contributed by atoms with Crippen molar-refractivity contribution in [3.05, 3.63) is 60.4 Å². The third kappa shape index (κ3) is 2.48. The van der Waals surface area contributed by atoms with Gasteiger partial charge in [-0.15, -0.1) is 10.2 Å². The molecule has 0 aliphatic carbocycles. The molecule has 0 amide bonds. The summed E-state index contributed by atoms with van der Waals surface area (Å²) in [4.78, 5) is 19.3. The smallest absolute Gasteiger partial charge is 0.335 e. The first-order valence-electron chi connectivity index (χ1n) is 7.09. The Bertz CT molecular complexity index is 1040. The van der Waals surface area contributed by atoms with Crippen molar-refractivity contribution in [2.75, 3.05) is 0 Å². The van der Waals surface area contributed by atoms with Crippen LogP contribution in [0, 0.1) is 0 Å². The Hall–Kier alpha value is -3.61. The van der Waals surface area contributed by atoms with E-state index in [1.807, 2.05) is 18.2 Å². The minimum atomic E-state index is -0.981. The average molecular weight is 318 g/mol. The predicted octanol–water partition coefficient (Wildman–Crippen LogP) is 3.05. The van der Waals surface area contributed by atoms with Gasteiger partial charge >= 0.3 is 5.97 Å². The molecular formula is C17H10N4O3. The van der Waals surface area contributed by atoms with Crippen LogP contribution in [0.2, 0.25) is 0 Å². The highest BCUT2D eigenvalue weighted by Crippen LogP contribution is 2.25. The fraction of sp³-hybridized carbons (Fsp3) is 0. The van der Waals surface area contributed by atoms with E-state index < -0.39 is 5.97 Å². The van der Waals surface area contributed by atoms with E-state index in [-0.39, 0.29) is 5.56 Å². The molecule has 0 unspecified atom stereocenters. The lowest BCUT2D eigenvalue weighted by molar-refractivity contribution is 0.0697. The summed E-state index contributed by atoms with van der Waals surface area (Å²) >= 11 is 0. The second-order valence-electron chi connectivity index (χ2n) is 5.05. The van der Waals surface area contributed by atoms with Gasteiger partial charge in [0.15, 0.2) is 0 Å². The number of hydrogen-bond donors (Lipinski definition) is 1. The Labute approximate surface area is 135 Å². The van der Waals surface area contributed by atoms with Gasteiger partial charge in [0.25, 0.3) is 0 Å². The molecule has 2 heterocycles. The summed E-state index contributed by atoms with van der Waals surface area (Å²) in [6.45, 7) is 0. The van der Waals surface area contributed by atoms with Crippen LogP contribution in [0.1, 0.15) is 10.4 Å². The Morgan fingerprint density at radius 3 is 2.17 bits per heavy atom. The van der Waals surface area contributed by atoms with Gasteiger partial charge < -0.3 is 9.52 Å². The Balaban J connectivity index is 1.69. The summed E-state index contributed by atoms with van der Waals surface area (Å²) < 4.78 is 5.69. The summed E-state index contributed by atoms with van der Waals surface area (Å²) in [5.41, 5.74) is 3.11. The minimum absolute atomic E-state index is 0.201. The Morgan fingerprint density at radius 1 is 0.833 bits per heavy atom. The maximum atomic E-state index is 10.9. The largest absolute Gasteiger partial charge is 0.478 e. The molecule has 2 aromatic heterocycles. The number of carbonyl (C=O) groups is 1. The third-order valence-electron chi connectivity index (χ3n) is 3.52. The zero-order valence-corrected chi connectivity index (χ0v) is 12.2. The van der Waals surface area contributed by atoms with Crippen molar-refractivity contribution in [2.24, 2.45) is 0 Å². The number of fused-ring (bicyclic) bond motifs is 1. The fourth-order valence-electron chi connectivity index (χ4n) is 2.31. The first kappa shape index (κ1) is 14.0. The SMILES string of the molecule is O=C(O)c1ccc(-c2nnc(-c3ccc4nccnc4c3)o2)cc1. The van der Waals surface area contributed by atoms with Crippen LogP contribution in [-0.2, 0) is 0 Å². The second-order valence-corrected chi connectivity index (χ2v) is 5.05. The molecule has 1 N–H and O–H groups in total. The molecule has 0 spiro atoms. The number of benzene rings is 2. The zero-order valence-electron chi connectivity index (χ0n) is 12.2. The van der Waals surface area contributed by atoms with E-state index >= 15 is 0 Å². The van der Waals surface area contributed by atoms with Crippen LogP contribution >= 0.6 is 0 Å². The number of carboxylic acid groups (broad SMARTS) is 1. The van der Waals surface area contributed by atoms with Gasteiger partial charge in [0.1, 0.15) is 0 Å². The normalized spacial score (nSPS) is 10.8. The molecule has 0 fully saturated rings. The lowest BCUT2D eigenvalue weighted by Gasteiger charge is -1.98. The van der Waals surface area contributed by atoms with Crippen LogP contribution in [0.5, 0.6) is 0 Å². The monoisotopic (exact) mass is 318 g/mol. The molecule has 2 aromatic carbocycles. The summed E-state index contributed by atoms with van der Waals surface area (Å²) in [6, 6.07) is 11.7. The molecule has 24 heavy (non-hydrogen) atoms. The summed E-state index contributed by atoms with van der Waals surface area (Å²) in [5, 5.41) is 17.0. The fourth-order valence-corrected chi connectivity index (χ4v) is 2.31. The van der Waals surface area contributed by atoms with Crippen LogP contribution in [0.15, 0.2) is 59.3 Å². The number of nitrogens with zero attached hydrogens (tertiary/aromatic N) is 4. The van der Waals surface area contributed by atoms with E-state index in [4.69, 9.17) is 9.52 Å². The highest BCUT2D eigenvalue weighted by atomic mass is 16.4. The van der Waals surface area contributed by atoms with Crippen LogP contribution in [0.25, 0.3) is 33.9 Å². The predicted molar refractivity (Wildman–Crippen MR) is 85.2 cm³/mol. The minimum Gasteiger partial charge on any atom is -0.478 e. The number of aromatic nitrogens is 4. The summed E-state index contributed by atoms with van der Waals surface area (Å²) in [6.07, 6.45) is 3.25. The molecule has 0 atom stereocenters. The number of hydrogen-bond acceptors (Lipinski definition) is 6. The highest BCUT2D eigenvalue weighted by Gasteiger charge is 2.12. The topological polar surface area (TPSA) is 102 Å². The van der Waals surface area contributed by atoms with Crippen molar-refractivity contribution in [3.8, 4) is 22.9 Å². The summed E-state index contributed by atoms with van der Waals surface area (Å²) in [7, 11) is 0. The average Bonchev–Trinajstić information content (AvgIpc) is 3.11. The Kier molecular flexibility index (Phi) is 3.24. The molecule has 7 nitrogen and oxygen atoms in total. The molecule has 0 radical (unpaired) electrons. The standard InChI is InChI=1S/C17H10N4O3/c22-17(23)11-3-1-10(2-4-11)15-20-21-16(24-15)12-5-6-13-14(9-12)19-8-7-18-13/h1-9H,(H,22,23). The van der Waals surface area contributed by atoms with E-state index in [1.165, 1.54) is 12.1 Å². The van der Waals surface area contributed by atoms with Crippen LogP contribution in [0.4, 0.5) is 0 Å². The van der Waals surface area contributed by atoms with Crippen LogP contribution < -0.4 is 0 Å². The van der Waals surface area contributed by atoms with Gasteiger partial charge in [0.2, 0.25) is 11.8 Å². The molecule has 0 aliphatic heterocycles. The van der Waals surface area contributed by atoms with E-state index in [0.717, 1.165) is 16.6 Å². The highest BCUT2D eigenvalue weighted by molar-refractivity contribution is 5.88. The van der Waals surface area contributed by atoms with E-state index in [1.54, 1.807) is 24.5 Å². The molecule has 0 aliphatic rings. The first-order chi connectivity index (χ1) is 11.7. The zero-order chi connectivity index (χ0) is 16.5. The van der Waals surface area contributed by atoms with Crippen molar-refractivity contribution < 1.29 is 14.3 Å². The van der Waals surface area contributed by atoms with Crippen LogP contribution in [0.3, 0.4) is 0 Å². The quantitative estimate of drug-likeness (QED) is 0.619. The van der Waals surface area contributed by atoms with Gasteiger partial charge in [-0.3, -0.25) is 9.97 Å². The van der Waals surface area contributed by atoms with E-state index in [0.29, 0.717) is 17.3 Å². The van der Waals surface area contributed by atoms with Gasteiger partial charge in [-0.05, 0) is 42.5 Å². The Morgan fingerprint density at radius 2 is 1.46 bits per heavy atom. The van der Waals surface area contributed by atoms with Crippen molar-refractivity contribution in [1.82, 2.24) is 20.2 Å². The molecule has 7 heteroatoms. The third-order valence-corrected chi connectivity index (χ3v) is 3.52. The molecule has 0 bridgehead atoms. The van der Waals surface area contributed by atoms with Gasteiger partial charge in [-0.2, -0.15) is 0 Å². The first-order valence-corrected chi connectivity index (χ1v) is 7.09. The van der Waals surface area contributed by atoms with Gasteiger partial charge in [0, 0.05) is 23.5 Å². The maximum absolute atomic E-state index is 10.9. The van der Waals surface area contributed by atoms with Crippen molar-refractivity contribution in [1.29, 1.82) is 0 Å². The number of carboxylic acids is 1. The number of rotatable bonds is 3. The maximum Gasteiger partial charge on any atom is 0.335 e. The molecule has 0 saturated heterocycles. The number of aromatic carboxylic acids is 1. The van der Waals surface area contributed by atoms with E-state index in [9.17, 15) is 4.79 Å². The van der Waals surface area contributed by atoms with Crippen molar-refractivity contribution in [2.45, 2.75) is 0 Å². The van der Waals surface area contributed by atoms with Crippen molar-refractivity contribution in [3.63, 3.8) is 0 Å². The molecule has 116 valence electrons.